The topological polar surface area (TPSA) is 92.8 Å². The van der Waals surface area contributed by atoms with Gasteiger partial charge in [-0.3, -0.25) is 9.10 Å². The molecule has 0 fully saturated rings. The maximum atomic E-state index is 13.0. The van der Waals surface area contributed by atoms with Crippen molar-refractivity contribution in [2.24, 2.45) is 0 Å². The average molecular weight is 439 g/mol. The molecule has 0 spiro atoms. The number of methoxy groups -OCH3 is 1. The molecule has 0 saturated heterocycles. The molecule has 0 saturated carbocycles. The molecule has 0 unspecified atom stereocenters. The summed E-state index contributed by atoms with van der Waals surface area (Å²) < 4.78 is 30.7. The van der Waals surface area contributed by atoms with Crippen molar-refractivity contribution >= 4 is 44.9 Å². The fourth-order valence-corrected chi connectivity index (χ4v) is 4.28. The monoisotopic (exact) mass is 438 g/mol. The van der Waals surface area contributed by atoms with Gasteiger partial charge in [0.05, 0.1) is 24.6 Å². The molecule has 0 aromatic heterocycles. The highest BCUT2D eigenvalue weighted by Crippen LogP contribution is 2.26. The number of carbonyl (C=O) groups excluding carboxylic acids is 2. The van der Waals surface area contributed by atoms with Crippen molar-refractivity contribution in [3.05, 3.63) is 58.6 Å². The molecule has 1 atom stereocenters. The minimum absolute atomic E-state index is 0.223. The molecule has 29 heavy (non-hydrogen) atoms. The predicted octanol–water partition coefficient (Wildman–Crippen LogP) is 3.62. The van der Waals surface area contributed by atoms with Crippen LogP contribution < -0.4 is 9.62 Å². The molecule has 0 radical (unpaired) electrons. The Balaban J connectivity index is 2.42. The van der Waals surface area contributed by atoms with Gasteiger partial charge in [-0.05, 0) is 49.2 Å². The Hall–Kier alpha value is -2.58. The highest BCUT2D eigenvalue weighted by atomic mass is 35.5. The van der Waals surface area contributed by atoms with E-state index >= 15 is 0 Å². The van der Waals surface area contributed by atoms with Crippen molar-refractivity contribution in [2.75, 3.05) is 23.0 Å². The van der Waals surface area contributed by atoms with Crippen molar-refractivity contribution in [2.45, 2.75) is 26.3 Å². The first-order valence-electron chi connectivity index (χ1n) is 8.83. The van der Waals surface area contributed by atoms with Gasteiger partial charge in [-0.2, -0.15) is 0 Å². The van der Waals surface area contributed by atoms with Crippen LogP contribution in [0.15, 0.2) is 42.5 Å². The smallest absolute Gasteiger partial charge is 0.337 e. The summed E-state index contributed by atoms with van der Waals surface area (Å²) in [4.78, 5) is 24.8. The molecule has 2 rings (SSSR count). The number of anilines is 2. The number of amides is 1. The number of rotatable bonds is 7. The van der Waals surface area contributed by atoms with Crippen LogP contribution in [0.25, 0.3) is 0 Å². The third-order valence-electron chi connectivity index (χ3n) is 4.31. The van der Waals surface area contributed by atoms with Gasteiger partial charge in [-0.1, -0.05) is 30.7 Å². The number of aryl methyl sites for hydroxylation is 1. The number of nitrogens with zero attached hydrogens (tertiary/aromatic N) is 1. The number of sulfonamides is 1. The molecule has 1 amide bonds. The van der Waals surface area contributed by atoms with E-state index in [9.17, 15) is 18.0 Å². The van der Waals surface area contributed by atoms with Crippen LogP contribution in [-0.2, 0) is 19.6 Å². The Morgan fingerprint density at radius 1 is 1.21 bits per heavy atom. The first kappa shape index (κ1) is 22.7. The average Bonchev–Trinajstić information content (AvgIpc) is 2.65. The molecule has 0 bridgehead atoms. The number of benzene rings is 2. The number of hydrogen-bond acceptors (Lipinski definition) is 5. The first-order chi connectivity index (χ1) is 13.6. The number of carbonyl (C=O) groups is 2. The van der Waals surface area contributed by atoms with Gasteiger partial charge in [0.2, 0.25) is 15.9 Å². The van der Waals surface area contributed by atoms with Crippen molar-refractivity contribution in [3.8, 4) is 0 Å². The van der Waals surface area contributed by atoms with E-state index in [2.05, 4.69) is 5.32 Å². The Bertz CT molecular complexity index is 1020. The first-order valence-corrected chi connectivity index (χ1v) is 11.1. The maximum Gasteiger partial charge on any atom is 0.337 e. The number of esters is 1. The molecule has 1 N–H and O–H groups in total. The molecular weight excluding hydrogens is 416 g/mol. The van der Waals surface area contributed by atoms with Gasteiger partial charge in [0, 0.05) is 10.7 Å². The Kier molecular flexibility index (Phi) is 7.26. The van der Waals surface area contributed by atoms with Gasteiger partial charge >= 0.3 is 5.97 Å². The van der Waals surface area contributed by atoms with Crippen LogP contribution in [0.3, 0.4) is 0 Å². The molecule has 0 heterocycles. The highest BCUT2D eigenvalue weighted by Gasteiger charge is 2.32. The zero-order valence-corrected chi connectivity index (χ0v) is 18.2. The second kappa shape index (κ2) is 9.28. The van der Waals surface area contributed by atoms with Gasteiger partial charge in [-0.15, -0.1) is 0 Å². The number of nitrogens with one attached hydrogen (secondary N) is 1. The third-order valence-corrected chi connectivity index (χ3v) is 5.72. The van der Waals surface area contributed by atoms with Crippen LogP contribution in [-0.4, -0.2) is 39.7 Å². The molecule has 0 aliphatic heterocycles. The largest absolute Gasteiger partial charge is 0.465 e. The van der Waals surface area contributed by atoms with E-state index < -0.39 is 27.9 Å². The molecule has 9 heteroatoms. The molecule has 2 aromatic carbocycles. The fraction of sp³-hybridized carbons (Fsp3) is 0.300. The SMILES string of the molecule is CC[C@@H](C(=O)Nc1cc(C(=O)OC)ccc1C)N(c1cccc(Cl)c1)S(C)(=O)=O. The van der Waals surface area contributed by atoms with Crippen LogP contribution >= 0.6 is 11.6 Å². The summed E-state index contributed by atoms with van der Waals surface area (Å²) in [7, 11) is -2.51. The van der Waals surface area contributed by atoms with Crippen molar-refractivity contribution in [1.29, 1.82) is 0 Å². The standard InChI is InChI=1S/C20H23ClN2O5S/c1-5-18(23(29(4,26)27)16-8-6-7-15(21)12-16)19(24)22-17-11-14(20(25)28-3)10-9-13(17)2/h6-12,18H,5H2,1-4H3,(H,22,24)/t18-/m0/s1. The summed E-state index contributed by atoms with van der Waals surface area (Å²) in [5, 5.41) is 3.09. The molecule has 7 nitrogen and oxygen atoms in total. The van der Waals surface area contributed by atoms with Gasteiger partial charge in [0.25, 0.3) is 0 Å². The summed E-state index contributed by atoms with van der Waals surface area (Å²) in [6.07, 6.45) is 1.26. The summed E-state index contributed by atoms with van der Waals surface area (Å²) in [5.74, 6) is -1.06. The van der Waals surface area contributed by atoms with Crippen molar-refractivity contribution < 1.29 is 22.7 Å². The lowest BCUT2D eigenvalue weighted by Gasteiger charge is -2.30. The van der Waals surface area contributed by atoms with Crippen LogP contribution in [0.4, 0.5) is 11.4 Å². The van der Waals surface area contributed by atoms with Crippen LogP contribution in [0.2, 0.25) is 5.02 Å². The summed E-state index contributed by atoms with van der Waals surface area (Å²) >= 11 is 6.01. The molecule has 0 aliphatic rings. The van der Waals surface area contributed by atoms with E-state index in [1.54, 1.807) is 44.2 Å². The van der Waals surface area contributed by atoms with Gasteiger partial charge in [-0.25, -0.2) is 13.2 Å². The summed E-state index contributed by atoms with van der Waals surface area (Å²) in [5.41, 5.74) is 1.68. The lowest BCUT2D eigenvalue weighted by atomic mass is 10.1. The van der Waals surface area contributed by atoms with Gasteiger partial charge < -0.3 is 10.1 Å². The zero-order chi connectivity index (χ0) is 21.8. The van der Waals surface area contributed by atoms with Crippen LogP contribution in [0.5, 0.6) is 0 Å². The number of halogens is 1. The predicted molar refractivity (Wildman–Crippen MR) is 114 cm³/mol. The number of ether oxygens (including phenoxy) is 1. The van der Waals surface area contributed by atoms with Gasteiger partial charge in [0.15, 0.2) is 0 Å². The highest BCUT2D eigenvalue weighted by molar-refractivity contribution is 7.92. The van der Waals surface area contributed by atoms with E-state index in [-0.39, 0.29) is 12.0 Å². The fourth-order valence-electron chi connectivity index (χ4n) is 2.89. The van der Waals surface area contributed by atoms with E-state index in [1.165, 1.54) is 19.2 Å². The minimum Gasteiger partial charge on any atom is -0.465 e. The molecular formula is C20H23ClN2O5S. The molecule has 156 valence electrons. The number of hydrogen-bond donors (Lipinski definition) is 1. The second-order valence-corrected chi connectivity index (χ2v) is 8.77. The normalized spacial score (nSPS) is 12.2. The van der Waals surface area contributed by atoms with Crippen LogP contribution in [0, 0.1) is 6.92 Å². The summed E-state index contributed by atoms with van der Waals surface area (Å²) in [6.45, 7) is 3.48. The van der Waals surface area contributed by atoms with E-state index in [1.807, 2.05) is 0 Å². The van der Waals surface area contributed by atoms with E-state index in [0.29, 0.717) is 16.4 Å². The maximum absolute atomic E-state index is 13.0. The lowest BCUT2D eigenvalue weighted by Crippen LogP contribution is -2.47. The minimum atomic E-state index is -3.78. The van der Waals surface area contributed by atoms with Gasteiger partial charge in [0.1, 0.15) is 6.04 Å². The Morgan fingerprint density at radius 2 is 1.90 bits per heavy atom. The quantitative estimate of drug-likeness (QED) is 0.666. The molecule has 0 aliphatic carbocycles. The lowest BCUT2D eigenvalue weighted by molar-refractivity contribution is -0.117. The molecule has 2 aromatic rings. The Labute approximate surface area is 175 Å². The Morgan fingerprint density at radius 3 is 2.45 bits per heavy atom. The van der Waals surface area contributed by atoms with Crippen LogP contribution in [0.1, 0.15) is 29.3 Å². The summed E-state index contributed by atoms with van der Waals surface area (Å²) in [6, 6.07) is 10.0. The van der Waals surface area contributed by atoms with Crippen molar-refractivity contribution in [1.82, 2.24) is 0 Å². The van der Waals surface area contributed by atoms with E-state index in [0.717, 1.165) is 16.1 Å². The van der Waals surface area contributed by atoms with E-state index in [4.69, 9.17) is 16.3 Å². The second-order valence-electron chi connectivity index (χ2n) is 6.47. The zero-order valence-electron chi connectivity index (χ0n) is 16.6. The third kappa shape index (κ3) is 5.48. The van der Waals surface area contributed by atoms with Crippen molar-refractivity contribution in [3.63, 3.8) is 0 Å².